The van der Waals surface area contributed by atoms with Crippen LogP contribution in [0.3, 0.4) is 0 Å². The summed E-state index contributed by atoms with van der Waals surface area (Å²) in [4.78, 5) is 2.57. The summed E-state index contributed by atoms with van der Waals surface area (Å²) in [5.74, 6) is 0.749. The second-order valence-electron chi connectivity index (χ2n) is 5.64. The molecule has 1 N–H and O–H groups in total. The van der Waals surface area contributed by atoms with Crippen molar-refractivity contribution < 1.29 is 0 Å². The zero-order valence-corrected chi connectivity index (χ0v) is 12.1. The fraction of sp³-hybridized carbons (Fsp3) is 0.600. The Labute approximate surface area is 115 Å². The van der Waals surface area contributed by atoms with Gasteiger partial charge in [0.2, 0.25) is 0 Å². The topological polar surface area (TPSA) is 15.3 Å². The van der Waals surface area contributed by atoms with E-state index >= 15 is 0 Å². The van der Waals surface area contributed by atoms with E-state index in [-0.39, 0.29) is 0 Å². The first-order valence-electron chi connectivity index (χ1n) is 6.83. The zero-order valence-electron chi connectivity index (χ0n) is 11.3. The lowest BCUT2D eigenvalue weighted by molar-refractivity contribution is 0.181. The van der Waals surface area contributed by atoms with Gasteiger partial charge in [0, 0.05) is 37.2 Å². The van der Waals surface area contributed by atoms with Gasteiger partial charge in [-0.15, -0.1) is 0 Å². The van der Waals surface area contributed by atoms with Crippen molar-refractivity contribution in [3.8, 4) is 0 Å². The Hall–Kier alpha value is -0.570. The van der Waals surface area contributed by atoms with Crippen molar-refractivity contribution in [2.24, 2.45) is 5.92 Å². The maximum absolute atomic E-state index is 5.91. The van der Waals surface area contributed by atoms with Crippen LogP contribution in [0.1, 0.15) is 19.4 Å². The van der Waals surface area contributed by atoms with Gasteiger partial charge in [-0.2, -0.15) is 0 Å². The Balaban J connectivity index is 1.87. The van der Waals surface area contributed by atoms with Crippen molar-refractivity contribution in [2.75, 3.05) is 26.2 Å². The standard InChI is InChI=1S/C15H23ClN2/c1-12(2)10-18-8-7-17-15(11-18)9-13-3-5-14(16)6-4-13/h3-6,12,15,17H,7-11H2,1-2H3. The molecule has 1 fully saturated rings. The molecule has 100 valence electrons. The van der Waals surface area contributed by atoms with Crippen LogP contribution < -0.4 is 5.32 Å². The highest BCUT2D eigenvalue weighted by Gasteiger charge is 2.19. The minimum Gasteiger partial charge on any atom is -0.311 e. The van der Waals surface area contributed by atoms with E-state index in [1.54, 1.807) is 0 Å². The van der Waals surface area contributed by atoms with Crippen molar-refractivity contribution >= 4 is 11.6 Å². The highest BCUT2D eigenvalue weighted by molar-refractivity contribution is 6.30. The van der Waals surface area contributed by atoms with E-state index in [2.05, 4.69) is 36.2 Å². The Morgan fingerprint density at radius 3 is 2.72 bits per heavy atom. The van der Waals surface area contributed by atoms with E-state index in [1.807, 2.05) is 12.1 Å². The van der Waals surface area contributed by atoms with Crippen molar-refractivity contribution in [3.63, 3.8) is 0 Å². The Morgan fingerprint density at radius 1 is 1.33 bits per heavy atom. The van der Waals surface area contributed by atoms with Gasteiger partial charge in [0.1, 0.15) is 0 Å². The largest absolute Gasteiger partial charge is 0.311 e. The van der Waals surface area contributed by atoms with Gasteiger partial charge in [0.05, 0.1) is 0 Å². The summed E-state index contributed by atoms with van der Waals surface area (Å²) >= 11 is 5.91. The molecule has 3 heteroatoms. The number of nitrogens with one attached hydrogen (secondary N) is 1. The number of nitrogens with zero attached hydrogens (tertiary/aromatic N) is 1. The molecule has 0 radical (unpaired) electrons. The van der Waals surface area contributed by atoms with E-state index in [1.165, 1.54) is 18.7 Å². The average molecular weight is 267 g/mol. The van der Waals surface area contributed by atoms with Crippen LogP contribution in [0.25, 0.3) is 0 Å². The Kier molecular flexibility index (Phi) is 5.04. The molecular formula is C15H23ClN2. The van der Waals surface area contributed by atoms with Gasteiger partial charge < -0.3 is 10.2 Å². The molecule has 0 amide bonds. The highest BCUT2D eigenvalue weighted by atomic mass is 35.5. The van der Waals surface area contributed by atoms with Gasteiger partial charge in [-0.3, -0.25) is 0 Å². The third-order valence-electron chi connectivity index (χ3n) is 3.36. The number of hydrogen-bond acceptors (Lipinski definition) is 2. The summed E-state index contributed by atoms with van der Waals surface area (Å²) in [5, 5.41) is 4.43. The van der Waals surface area contributed by atoms with Gasteiger partial charge in [-0.1, -0.05) is 37.6 Å². The van der Waals surface area contributed by atoms with Crippen molar-refractivity contribution in [3.05, 3.63) is 34.9 Å². The van der Waals surface area contributed by atoms with Crippen LogP contribution in [0.5, 0.6) is 0 Å². The zero-order chi connectivity index (χ0) is 13.0. The van der Waals surface area contributed by atoms with Crippen molar-refractivity contribution in [2.45, 2.75) is 26.3 Å². The van der Waals surface area contributed by atoms with Crippen LogP contribution in [-0.2, 0) is 6.42 Å². The van der Waals surface area contributed by atoms with E-state index in [9.17, 15) is 0 Å². The summed E-state index contributed by atoms with van der Waals surface area (Å²) in [5.41, 5.74) is 1.36. The summed E-state index contributed by atoms with van der Waals surface area (Å²) in [6.45, 7) is 9.21. The lowest BCUT2D eigenvalue weighted by Crippen LogP contribution is -2.52. The Bertz CT molecular complexity index is 361. The third kappa shape index (κ3) is 4.27. The molecule has 0 aliphatic carbocycles. The van der Waals surface area contributed by atoms with E-state index < -0.39 is 0 Å². The van der Waals surface area contributed by atoms with Gasteiger partial charge in [-0.25, -0.2) is 0 Å². The smallest absolute Gasteiger partial charge is 0.0406 e. The highest BCUT2D eigenvalue weighted by Crippen LogP contribution is 2.13. The predicted molar refractivity (Wildman–Crippen MR) is 78.2 cm³/mol. The average Bonchev–Trinajstić information content (AvgIpc) is 2.32. The van der Waals surface area contributed by atoms with E-state index in [0.29, 0.717) is 6.04 Å². The fourth-order valence-electron chi connectivity index (χ4n) is 2.62. The van der Waals surface area contributed by atoms with Crippen LogP contribution in [0, 0.1) is 5.92 Å². The van der Waals surface area contributed by atoms with Crippen LogP contribution in [-0.4, -0.2) is 37.1 Å². The molecule has 1 unspecified atom stereocenters. The third-order valence-corrected chi connectivity index (χ3v) is 3.61. The molecule has 1 aromatic carbocycles. The molecule has 0 saturated carbocycles. The molecule has 0 spiro atoms. The molecule has 18 heavy (non-hydrogen) atoms. The minimum absolute atomic E-state index is 0.568. The molecule has 1 atom stereocenters. The fourth-order valence-corrected chi connectivity index (χ4v) is 2.74. The second-order valence-corrected chi connectivity index (χ2v) is 6.07. The van der Waals surface area contributed by atoms with Crippen molar-refractivity contribution in [1.82, 2.24) is 10.2 Å². The van der Waals surface area contributed by atoms with Gasteiger partial charge in [0.15, 0.2) is 0 Å². The molecular weight excluding hydrogens is 244 g/mol. The summed E-state index contributed by atoms with van der Waals surface area (Å²) < 4.78 is 0. The van der Waals surface area contributed by atoms with Crippen LogP contribution in [0.15, 0.2) is 24.3 Å². The number of rotatable bonds is 4. The Morgan fingerprint density at radius 2 is 2.06 bits per heavy atom. The second kappa shape index (κ2) is 6.55. The SMILES string of the molecule is CC(C)CN1CCNC(Cc2ccc(Cl)cc2)C1. The number of halogens is 1. The molecule has 1 aromatic rings. The number of hydrogen-bond donors (Lipinski definition) is 1. The van der Waals surface area contributed by atoms with Crippen molar-refractivity contribution in [1.29, 1.82) is 0 Å². The quantitative estimate of drug-likeness (QED) is 0.902. The van der Waals surface area contributed by atoms with Crippen LogP contribution in [0.4, 0.5) is 0 Å². The van der Waals surface area contributed by atoms with Crippen LogP contribution >= 0.6 is 11.6 Å². The first-order chi connectivity index (χ1) is 8.63. The maximum atomic E-state index is 5.91. The molecule has 1 aliphatic heterocycles. The summed E-state index contributed by atoms with van der Waals surface area (Å²) in [7, 11) is 0. The van der Waals surface area contributed by atoms with Gasteiger partial charge >= 0.3 is 0 Å². The van der Waals surface area contributed by atoms with Gasteiger partial charge in [-0.05, 0) is 30.0 Å². The molecule has 1 aliphatic rings. The maximum Gasteiger partial charge on any atom is 0.0406 e. The predicted octanol–water partition coefficient (Wildman–Crippen LogP) is 2.81. The molecule has 2 nitrogen and oxygen atoms in total. The first kappa shape index (κ1) is 13.9. The normalized spacial score (nSPS) is 21.4. The van der Waals surface area contributed by atoms with E-state index in [0.717, 1.165) is 30.5 Å². The number of piperazine rings is 1. The lowest BCUT2D eigenvalue weighted by atomic mass is 10.0. The molecule has 1 saturated heterocycles. The van der Waals surface area contributed by atoms with Crippen LogP contribution in [0.2, 0.25) is 5.02 Å². The molecule has 1 heterocycles. The van der Waals surface area contributed by atoms with E-state index in [4.69, 9.17) is 11.6 Å². The molecule has 0 aromatic heterocycles. The van der Waals surface area contributed by atoms with Gasteiger partial charge in [0.25, 0.3) is 0 Å². The first-order valence-corrected chi connectivity index (χ1v) is 7.21. The summed E-state index contributed by atoms with van der Waals surface area (Å²) in [6, 6.07) is 8.78. The molecule has 2 rings (SSSR count). The monoisotopic (exact) mass is 266 g/mol. The summed E-state index contributed by atoms with van der Waals surface area (Å²) in [6.07, 6.45) is 1.09. The minimum atomic E-state index is 0.568. The number of benzene rings is 1. The molecule has 0 bridgehead atoms. The lowest BCUT2D eigenvalue weighted by Gasteiger charge is -2.34.